The van der Waals surface area contributed by atoms with Crippen LogP contribution in [0.5, 0.6) is 0 Å². The number of benzene rings is 1. The Labute approximate surface area is 117 Å². The molecule has 2 atom stereocenters. The Bertz CT molecular complexity index is 510. The molecule has 0 bridgehead atoms. The quantitative estimate of drug-likeness (QED) is 0.851. The summed E-state index contributed by atoms with van der Waals surface area (Å²) in [7, 11) is 1.41. The molecule has 0 radical (unpaired) electrons. The molecule has 0 spiro atoms. The fourth-order valence-electron chi connectivity index (χ4n) is 1.93. The second kappa shape index (κ2) is 6.50. The Hall–Kier alpha value is -1.65. The van der Waals surface area contributed by atoms with Crippen LogP contribution < -0.4 is 5.32 Å². The van der Waals surface area contributed by atoms with Gasteiger partial charge in [-0.2, -0.15) is 0 Å². The largest absolute Gasteiger partial charge is 0.468 e. The maximum absolute atomic E-state index is 11.9. The van der Waals surface area contributed by atoms with Gasteiger partial charge in [0.05, 0.1) is 7.11 Å². The molecule has 0 fully saturated rings. The van der Waals surface area contributed by atoms with Gasteiger partial charge < -0.3 is 4.74 Å². The Kier molecular flexibility index (Phi) is 4.71. The van der Waals surface area contributed by atoms with E-state index in [1.165, 1.54) is 12.0 Å². The number of thiophene rings is 1. The lowest BCUT2D eigenvalue weighted by molar-refractivity contribution is -0.143. The zero-order valence-electron chi connectivity index (χ0n) is 11.0. The van der Waals surface area contributed by atoms with Crippen LogP contribution in [0.4, 0.5) is 0 Å². The van der Waals surface area contributed by atoms with Crippen molar-refractivity contribution in [2.75, 3.05) is 7.11 Å². The second-order valence-corrected chi connectivity index (χ2v) is 5.25. The fourth-order valence-corrected chi connectivity index (χ4v) is 2.68. The summed E-state index contributed by atoms with van der Waals surface area (Å²) in [6.45, 7) is 2.05. The zero-order valence-corrected chi connectivity index (χ0v) is 11.8. The van der Waals surface area contributed by atoms with Gasteiger partial charge in [-0.3, -0.25) is 5.32 Å². The first-order chi connectivity index (χ1) is 9.22. The number of nitrogens with one attached hydrogen (secondary N) is 1. The minimum atomic E-state index is -0.441. The van der Waals surface area contributed by atoms with Gasteiger partial charge in [0.25, 0.3) is 0 Å². The molecule has 1 aromatic carbocycles. The van der Waals surface area contributed by atoms with Crippen LogP contribution in [-0.2, 0) is 9.53 Å². The first-order valence-electron chi connectivity index (χ1n) is 6.14. The maximum Gasteiger partial charge on any atom is 0.327 e. The molecular weight excluding hydrogens is 258 g/mol. The van der Waals surface area contributed by atoms with Crippen molar-refractivity contribution in [3.05, 3.63) is 58.3 Å². The number of methoxy groups -OCH3 is 1. The van der Waals surface area contributed by atoms with Gasteiger partial charge in [0.1, 0.15) is 6.04 Å². The molecule has 2 unspecified atom stereocenters. The van der Waals surface area contributed by atoms with Gasteiger partial charge >= 0.3 is 5.97 Å². The van der Waals surface area contributed by atoms with Crippen molar-refractivity contribution < 1.29 is 9.53 Å². The van der Waals surface area contributed by atoms with E-state index in [0.29, 0.717) is 0 Å². The van der Waals surface area contributed by atoms with Gasteiger partial charge in [0.15, 0.2) is 0 Å². The molecule has 1 aromatic heterocycles. The Morgan fingerprint density at radius 3 is 2.53 bits per heavy atom. The van der Waals surface area contributed by atoms with Gasteiger partial charge in [0.2, 0.25) is 0 Å². The molecule has 2 aromatic rings. The first kappa shape index (κ1) is 13.8. The topological polar surface area (TPSA) is 38.3 Å². The van der Waals surface area contributed by atoms with E-state index in [1.807, 2.05) is 48.7 Å². The summed E-state index contributed by atoms with van der Waals surface area (Å²) in [6.07, 6.45) is 0. The molecule has 0 aliphatic carbocycles. The average Bonchev–Trinajstić information content (AvgIpc) is 2.99. The average molecular weight is 275 g/mol. The van der Waals surface area contributed by atoms with E-state index >= 15 is 0 Å². The van der Waals surface area contributed by atoms with Crippen LogP contribution in [0.25, 0.3) is 0 Å². The number of carbonyl (C=O) groups excluding carboxylic acids is 1. The number of ether oxygens (including phenoxy) is 1. The van der Waals surface area contributed by atoms with Crippen LogP contribution in [0.3, 0.4) is 0 Å². The highest BCUT2D eigenvalue weighted by molar-refractivity contribution is 7.10. The fraction of sp³-hybridized carbons (Fsp3) is 0.267. The minimum Gasteiger partial charge on any atom is -0.468 e. The number of esters is 1. The van der Waals surface area contributed by atoms with Gasteiger partial charge in [-0.15, -0.1) is 11.3 Å². The standard InChI is InChI=1S/C15H17NO2S/c1-11(13-9-6-10-19-13)16-14(15(17)18-2)12-7-4-3-5-8-12/h3-11,14,16H,1-2H3. The van der Waals surface area contributed by atoms with Crippen LogP contribution in [0, 0.1) is 0 Å². The summed E-state index contributed by atoms with van der Waals surface area (Å²) in [5.74, 6) is -0.269. The highest BCUT2D eigenvalue weighted by Crippen LogP contribution is 2.23. The van der Waals surface area contributed by atoms with Crippen molar-refractivity contribution in [2.45, 2.75) is 19.0 Å². The second-order valence-electron chi connectivity index (χ2n) is 4.27. The van der Waals surface area contributed by atoms with Crippen molar-refractivity contribution in [3.63, 3.8) is 0 Å². The van der Waals surface area contributed by atoms with Crippen LogP contribution in [0.15, 0.2) is 47.8 Å². The van der Waals surface area contributed by atoms with E-state index in [0.717, 1.165) is 5.56 Å². The molecule has 19 heavy (non-hydrogen) atoms. The molecule has 0 aliphatic heterocycles. The Morgan fingerprint density at radius 1 is 1.21 bits per heavy atom. The summed E-state index contributed by atoms with van der Waals surface area (Å²) in [4.78, 5) is 13.1. The summed E-state index contributed by atoms with van der Waals surface area (Å²) in [6, 6.07) is 13.3. The number of hydrogen-bond acceptors (Lipinski definition) is 4. The van der Waals surface area contributed by atoms with E-state index < -0.39 is 6.04 Å². The molecule has 3 nitrogen and oxygen atoms in total. The molecule has 2 rings (SSSR count). The van der Waals surface area contributed by atoms with Crippen molar-refractivity contribution in [1.82, 2.24) is 5.32 Å². The van der Waals surface area contributed by atoms with Gasteiger partial charge in [-0.25, -0.2) is 4.79 Å². The lowest BCUT2D eigenvalue weighted by atomic mass is 10.1. The normalized spacial score (nSPS) is 13.8. The summed E-state index contributed by atoms with van der Waals surface area (Å²) in [5, 5.41) is 5.35. The third kappa shape index (κ3) is 3.43. The predicted octanol–water partition coefficient (Wildman–Crippen LogP) is 3.31. The molecule has 4 heteroatoms. The molecule has 1 heterocycles. The number of hydrogen-bond donors (Lipinski definition) is 1. The Morgan fingerprint density at radius 2 is 1.95 bits per heavy atom. The monoisotopic (exact) mass is 275 g/mol. The van der Waals surface area contributed by atoms with E-state index in [2.05, 4.69) is 11.4 Å². The highest BCUT2D eigenvalue weighted by Gasteiger charge is 2.23. The lowest BCUT2D eigenvalue weighted by Crippen LogP contribution is -2.31. The molecule has 0 saturated carbocycles. The molecular formula is C15H17NO2S. The highest BCUT2D eigenvalue weighted by atomic mass is 32.1. The molecule has 0 saturated heterocycles. The zero-order chi connectivity index (χ0) is 13.7. The number of carbonyl (C=O) groups is 1. The van der Waals surface area contributed by atoms with Crippen molar-refractivity contribution in [1.29, 1.82) is 0 Å². The molecule has 0 aliphatic rings. The molecule has 1 N–H and O–H groups in total. The first-order valence-corrected chi connectivity index (χ1v) is 7.02. The van der Waals surface area contributed by atoms with Crippen molar-refractivity contribution >= 4 is 17.3 Å². The summed E-state index contributed by atoms with van der Waals surface area (Å²) >= 11 is 1.67. The SMILES string of the molecule is COC(=O)C(NC(C)c1cccs1)c1ccccc1. The van der Waals surface area contributed by atoms with Gasteiger partial charge in [-0.1, -0.05) is 36.4 Å². The van der Waals surface area contributed by atoms with Crippen LogP contribution in [-0.4, -0.2) is 13.1 Å². The van der Waals surface area contributed by atoms with E-state index in [4.69, 9.17) is 4.74 Å². The summed E-state index contributed by atoms with van der Waals surface area (Å²) < 4.78 is 4.89. The van der Waals surface area contributed by atoms with Crippen LogP contribution in [0.1, 0.15) is 29.4 Å². The van der Waals surface area contributed by atoms with Crippen LogP contribution >= 0.6 is 11.3 Å². The van der Waals surface area contributed by atoms with E-state index in [9.17, 15) is 4.79 Å². The Balaban J connectivity index is 2.17. The third-order valence-electron chi connectivity index (χ3n) is 2.96. The molecule has 0 amide bonds. The van der Waals surface area contributed by atoms with Gasteiger partial charge in [-0.05, 0) is 23.9 Å². The minimum absolute atomic E-state index is 0.101. The predicted molar refractivity (Wildman–Crippen MR) is 77.1 cm³/mol. The molecule has 100 valence electrons. The third-order valence-corrected chi connectivity index (χ3v) is 4.01. The van der Waals surface area contributed by atoms with E-state index in [1.54, 1.807) is 11.3 Å². The van der Waals surface area contributed by atoms with Crippen LogP contribution in [0.2, 0.25) is 0 Å². The van der Waals surface area contributed by atoms with Gasteiger partial charge in [0, 0.05) is 10.9 Å². The van der Waals surface area contributed by atoms with E-state index in [-0.39, 0.29) is 12.0 Å². The summed E-state index contributed by atoms with van der Waals surface area (Å²) in [5.41, 5.74) is 0.915. The van der Waals surface area contributed by atoms with Crippen molar-refractivity contribution in [2.24, 2.45) is 0 Å². The smallest absolute Gasteiger partial charge is 0.327 e. The number of rotatable bonds is 5. The maximum atomic E-state index is 11.9. The lowest BCUT2D eigenvalue weighted by Gasteiger charge is -2.21. The van der Waals surface area contributed by atoms with Crippen molar-refractivity contribution in [3.8, 4) is 0 Å².